The third kappa shape index (κ3) is 2.55. The highest BCUT2D eigenvalue weighted by Gasteiger charge is 2.34. The lowest BCUT2D eigenvalue weighted by Crippen LogP contribution is -2.39. The maximum Gasteiger partial charge on any atom is 0.243 e. The monoisotopic (exact) mass is 295 g/mol. The van der Waals surface area contributed by atoms with Crippen molar-refractivity contribution in [2.75, 3.05) is 31.9 Å². The molecule has 1 unspecified atom stereocenters. The molecule has 0 amide bonds. The van der Waals surface area contributed by atoms with Crippen molar-refractivity contribution in [1.82, 2.24) is 9.21 Å². The second-order valence-corrected chi connectivity index (χ2v) is 7.56. The van der Waals surface area contributed by atoms with Crippen LogP contribution in [0.15, 0.2) is 29.2 Å². The fraction of sp³-hybridized carbons (Fsp3) is 0.571. The van der Waals surface area contributed by atoms with Gasteiger partial charge in [0, 0.05) is 24.8 Å². The SMILES string of the molecule is Nc1cccc(S(=O)(=O)N2CCCN3CCCC3C2)c1. The Hall–Kier alpha value is -1.11. The third-order valence-electron chi connectivity index (χ3n) is 4.26. The minimum absolute atomic E-state index is 0.309. The fourth-order valence-corrected chi connectivity index (χ4v) is 4.79. The predicted molar refractivity (Wildman–Crippen MR) is 78.8 cm³/mol. The molecule has 0 radical (unpaired) electrons. The average Bonchev–Trinajstić information content (AvgIpc) is 2.75. The van der Waals surface area contributed by atoms with Crippen molar-refractivity contribution in [3.05, 3.63) is 24.3 Å². The van der Waals surface area contributed by atoms with E-state index in [1.165, 1.54) is 6.42 Å². The largest absolute Gasteiger partial charge is 0.399 e. The van der Waals surface area contributed by atoms with Gasteiger partial charge in [0.05, 0.1) is 4.90 Å². The summed E-state index contributed by atoms with van der Waals surface area (Å²) in [5.74, 6) is 0. The highest BCUT2D eigenvalue weighted by Crippen LogP contribution is 2.25. The van der Waals surface area contributed by atoms with Crippen LogP contribution in [0.3, 0.4) is 0 Å². The van der Waals surface area contributed by atoms with E-state index in [1.807, 2.05) is 0 Å². The zero-order valence-electron chi connectivity index (χ0n) is 11.5. The Bertz CT molecular complexity index is 588. The Balaban J connectivity index is 1.87. The molecular weight excluding hydrogens is 274 g/mol. The quantitative estimate of drug-likeness (QED) is 0.831. The third-order valence-corrected chi connectivity index (χ3v) is 6.12. The van der Waals surface area contributed by atoms with Gasteiger partial charge in [-0.05, 0) is 50.6 Å². The van der Waals surface area contributed by atoms with Crippen molar-refractivity contribution in [1.29, 1.82) is 0 Å². The number of nitrogens with two attached hydrogens (primary N) is 1. The van der Waals surface area contributed by atoms with Gasteiger partial charge in [0.15, 0.2) is 0 Å². The van der Waals surface area contributed by atoms with Crippen molar-refractivity contribution >= 4 is 15.7 Å². The normalized spacial score (nSPS) is 25.3. The standard InChI is InChI=1S/C14H21N3O2S/c15-12-4-1-6-14(10-12)20(18,19)17-9-3-8-16-7-2-5-13(16)11-17/h1,4,6,10,13H,2-3,5,7-9,11,15H2. The van der Waals surface area contributed by atoms with Crippen LogP contribution in [-0.4, -0.2) is 49.8 Å². The molecule has 20 heavy (non-hydrogen) atoms. The van der Waals surface area contributed by atoms with Crippen molar-refractivity contribution in [3.63, 3.8) is 0 Å². The molecule has 2 saturated heterocycles. The number of nitrogens with zero attached hydrogens (tertiary/aromatic N) is 2. The first-order valence-corrected chi connectivity index (χ1v) is 8.61. The summed E-state index contributed by atoms with van der Waals surface area (Å²) in [6, 6.07) is 6.96. The highest BCUT2D eigenvalue weighted by molar-refractivity contribution is 7.89. The van der Waals surface area contributed by atoms with Crippen LogP contribution < -0.4 is 5.73 Å². The van der Waals surface area contributed by atoms with Gasteiger partial charge in [0.25, 0.3) is 0 Å². The van der Waals surface area contributed by atoms with Gasteiger partial charge >= 0.3 is 0 Å². The molecule has 5 nitrogen and oxygen atoms in total. The van der Waals surface area contributed by atoms with Gasteiger partial charge in [-0.25, -0.2) is 8.42 Å². The van der Waals surface area contributed by atoms with Crippen molar-refractivity contribution in [3.8, 4) is 0 Å². The first-order valence-electron chi connectivity index (χ1n) is 7.17. The van der Waals surface area contributed by atoms with Crippen LogP contribution in [0.1, 0.15) is 19.3 Å². The molecule has 0 spiro atoms. The van der Waals surface area contributed by atoms with Crippen LogP contribution in [0, 0.1) is 0 Å². The van der Waals surface area contributed by atoms with Gasteiger partial charge in [0.2, 0.25) is 10.0 Å². The average molecular weight is 295 g/mol. The number of sulfonamides is 1. The Kier molecular flexibility index (Phi) is 3.70. The number of anilines is 1. The molecule has 1 aromatic carbocycles. The van der Waals surface area contributed by atoms with E-state index >= 15 is 0 Å². The smallest absolute Gasteiger partial charge is 0.243 e. The molecular formula is C14H21N3O2S. The first kappa shape index (κ1) is 13.9. The summed E-state index contributed by atoms with van der Waals surface area (Å²) in [5, 5.41) is 0. The van der Waals surface area contributed by atoms with Crippen molar-refractivity contribution in [2.45, 2.75) is 30.2 Å². The molecule has 1 aromatic rings. The van der Waals surface area contributed by atoms with Crippen LogP contribution in [-0.2, 0) is 10.0 Å². The number of nitrogen functional groups attached to an aromatic ring is 1. The van der Waals surface area contributed by atoms with Gasteiger partial charge in [-0.2, -0.15) is 4.31 Å². The number of hydrogen-bond donors (Lipinski definition) is 1. The van der Waals surface area contributed by atoms with Crippen LogP contribution in [0.4, 0.5) is 5.69 Å². The predicted octanol–water partition coefficient (Wildman–Crippen LogP) is 1.13. The van der Waals surface area contributed by atoms with E-state index in [-0.39, 0.29) is 0 Å². The number of hydrogen-bond acceptors (Lipinski definition) is 4. The zero-order chi connectivity index (χ0) is 14.2. The van der Waals surface area contributed by atoms with Gasteiger partial charge in [-0.1, -0.05) is 6.07 Å². The molecule has 2 heterocycles. The van der Waals surface area contributed by atoms with Gasteiger partial charge < -0.3 is 5.73 Å². The summed E-state index contributed by atoms with van der Waals surface area (Å²) < 4.78 is 27.1. The van der Waals surface area contributed by atoms with E-state index in [4.69, 9.17) is 5.73 Å². The summed E-state index contributed by atoms with van der Waals surface area (Å²) in [4.78, 5) is 2.73. The van der Waals surface area contributed by atoms with Crippen LogP contribution in [0.5, 0.6) is 0 Å². The van der Waals surface area contributed by atoms with Gasteiger partial charge in [-0.3, -0.25) is 4.90 Å². The highest BCUT2D eigenvalue weighted by atomic mass is 32.2. The number of rotatable bonds is 2. The molecule has 6 heteroatoms. The minimum atomic E-state index is -3.42. The molecule has 2 aliphatic heterocycles. The van der Waals surface area contributed by atoms with E-state index < -0.39 is 10.0 Å². The lowest BCUT2D eigenvalue weighted by molar-refractivity contribution is 0.257. The Labute approximate surface area is 120 Å². The van der Waals surface area contributed by atoms with Crippen LogP contribution in [0.25, 0.3) is 0 Å². The van der Waals surface area contributed by atoms with E-state index in [0.29, 0.717) is 29.7 Å². The molecule has 0 aliphatic carbocycles. The lowest BCUT2D eigenvalue weighted by Gasteiger charge is -2.25. The van der Waals surface area contributed by atoms with E-state index in [9.17, 15) is 8.42 Å². The molecule has 2 N–H and O–H groups in total. The Morgan fingerprint density at radius 2 is 1.95 bits per heavy atom. The molecule has 1 atom stereocenters. The van der Waals surface area contributed by atoms with Crippen molar-refractivity contribution < 1.29 is 8.42 Å². The zero-order valence-corrected chi connectivity index (χ0v) is 12.3. The van der Waals surface area contributed by atoms with Gasteiger partial charge in [-0.15, -0.1) is 0 Å². The van der Waals surface area contributed by atoms with E-state index in [2.05, 4.69) is 4.90 Å². The number of fused-ring (bicyclic) bond motifs is 1. The second kappa shape index (κ2) is 5.35. The summed E-state index contributed by atoms with van der Waals surface area (Å²) in [7, 11) is -3.42. The van der Waals surface area contributed by atoms with Gasteiger partial charge in [0.1, 0.15) is 0 Å². The first-order chi connectivity index (χ1) is 9.57. The molecule has 2 aliphatic rings. The molecule has 0 bridgehead atoms. The van der Waals surface area contributed by atoms with Crippen molar-refractivity contribution in [2.24, 2.45) is 0 Å². The Morgan fingerprint density at radius 3 is 2.75 bits per heavy atom. The summed E-state index contributed by atoms with van der Waals surface area (Å²) in [6.45, 7) is 3.33. The summed E-state index contributed by atoms with van der Waals surface area (Å²) in [5.41, 5.74) is 6.20. The number of benzene rings is 1. The second-order valence-electron chi connectivity index (χ2n) is 5.62. The van der Waals surface area contributed by atoms with E-state index in [1.54, 1.807) is 28.6 Å². The molecule has 110 valence electrons. The minimum Gasteiger partial charge on any atom is -0.399 e. The summed E-state index contributed by atoms with van der Waals surface area (Å²) in [6.07, 6.45) is 3.18. The van der Waals surface area contributed by atoms with E-state index in [0.717, 1.165) is 25.9 Å². The maximum absolute atomic E-state index is 12.7. The molecule has 0 aromatic heterocycles. The fourth-order valence-electron chi connectivity index (χ4n) is 3.22. The lowest BCUT2D eigenvalue weighted by atomic mass is 10.2. The van der Waals surface area contributed by atoms with Crippen LogP contribution in [0.2, 0.25) is 0 Å². The molecule has 3 rings (SSSR count). The molecule has 2 fully saturated rings. The topological polar surface area (TPSA) is 66.6 Å². The summed E-state index contributed by atoms with van der Waals surface area (Å²) >= 11 is 0. The molecule has 0 saturated carbocycles. The Morgan fingerprint density at radius 1 is 1.15 bits per heavy atom. The maximum atomic E-state index is 12.7. The van der Waals surface area contributed by atoms with Crippen LogP contribution >= 0.6 is 0 Å².